The fraction of sp³-hybridized carbons (Fsp3) is 0.214. The van der Waals surface area contributed by atoms with Crippen LogP contribution in [0.2, 0.25) is 0 Å². The van der Waals surface area contributed by atoms with Crippen molar-refractivity contribution < 1.29 is 0 Å². The molecular weight excluding hydrogens is 224 g/mol. The minimum Gasteiger partial charge on any atom is -0.337 e. The standard InChI is InChI=1S/C14H14N4/c1-8-4-6-11(10(3)15-8)13-17-12-7-5-9(2)16-14(12)18-13/h4-7H,1-3H3,(H,16,17,18). The molecule has 0 unspecified atom stereocenters. The molecule has 0 aliphatic carbocycles. The van der Waals surface area contributed by atoms with Crippen LogP contribution in [0.5, 0.6) is 0 Å². The Kier molecular flexibility index (Phi) is 2.37. The Hall–Kier alpha value is -2.23. The van der Waals surface area contributed by atoms with Crippen molar-refractivity contribution >= 4 is 11.2 Å². The average molecular weight is 238 g/mol. The fourth-order valence-corrected chi connectivity index (χ4v) is 2.05. The van der Waals surface area contributed by atoms with Crippen LogP contribution in [-0.2, 0) is 0 Å². The third-order valence-electron chi connectivity index (χ3n) is 2.97. The molecule has 18 heavy (non-hydrogen) atoms. The number of nitrogens with zero attached hydrogens (tertiary/aromatic N) is 3. The molecule has 0 saturated heterocycles. The van der Waals surface area contributed by atoms with E-state index in [0.29, 0.717) is 0 Å². The van der Waals surface area contributed by atoms with Crippen LogP contribution in [0, 0.1) is 20.8 Å². The summed E-state index contributed by atoms with van der Waals surface area (Å²) in [5, 5.41) is 0. The number of aryl methyl sites for hydroxylation is 3. The predicted octanol–water partition coefficient (Wildman–Crippen LogP) is 2.95. The second-order valence-electron chi connectivity index (χ2n) is 4.49. The highest BCUT2D eigenvalue weighted by Gasteiger charge is 2.09. The van der Waals surface area contributed by atoms with E-state index in [1.54, 1.807) is 0 Å². The molecule has 0 atom stereocenters. The molecule has 0 aromatic carbocycles. The van der Waals surface area contributed by atoms with Crippen molar-refractivity contribution in [3.05, 3.63) is 41.3 Å². The maximum atomic E-state index is 4.53. The Morgan fingerprint density at radius 1 is 0.833 bits per heavy atom. The summed E-state index contributed by atoms with van der Waals surface area (Å²) in [5.41, 5.74) is 5.70. The van der Waals surface area contributed by atoms with Gasteiger partial charge in [0.15, 0.2) is 5.65 Å². The van der Waals surface area contributed by atoms with E-state index < -0.39 is 0 Å². The number of imidazole rings is 1. The lowest BCUT2D eigenvalue weighted by Crippen LogP contribution is -1.91. The van der Waals surface area contributed by atoms with Crippen molar-refractivity contribution in [3.8, 4) is 11.4 Å². The van der Waals surface area contributed by atoms with Gasteiger partial charge in [-0.25, -0.2) is 9.97 Å². The van der Waals surface area contributed by atoms with E-state index in [1.165, 1.54) is 0 Å². The van der Waals surface area contributed by atoms with Gasteiger partial charge < -0.3 is 4.98 Å². The third-order valence-corrected chi connectivity index (χ3v) is 2.97. The monoisotopic (exact) mass is 238 g/mol. The summed E-state index contributed by atoms with van der Waals surface area (Å²) in [4.78, 5) is 16.7. The first kappa shape index (κ1) is 10.9. The smallest absolute Gasteiger partial charge is 0.178 e. The lowest BCUT2D eigenvalue weighted by atomic mass is 10.2. The van der Waals surface area contributed by atoms with Gasteiger partial charge >= 0.3 is 0 Å². The molecule has 0 fully saturated rings. The van der Waals surface area contributed by atoms with Crippen LogP contribution in [0.25, 0.3) is 22.6 Å². The third kappa shape index (κ3) is 1.76. The number of fused-ring (bicyclic) bond motifs is 1. The zero-order valence-electron chi connectivity index (χ0n) is 10.7. The number of hydrogen-bond acceptors (Lipinski definition) is 3. The second-order valence-corrected chi connectivity index (χ2v) is 4.49. The Morgan fingerprint density at radius 3 is 2.33 bits per heavy atom. The van der Waals surface area contributed by atoms with Crippen LogP contribution in [0.3, 0.4) is 0 Å². The fourth-order valence-electron chi connectivity index (χ4n) is 2.05. The molecule has 3 heterocycles. The summed E-state index contributed by atoms with van der Waals surface area (Å²) in [6.07, 6.45) is 0. The van der Waals surface area contributed by atoms with Crippen molar-refractivity contribution in [1.29, 1.82) is 0 Å². The van der Waals surface area contributed by atoms with Crippen LogP contribution in [0.15, 0.2) is 24.3 Å². The molecule has 0 saturated carbocycles. The van der Waals surface area contributed by atoms with Crippen molar-refractivity contribution in [2.45, 2.75) is 20.8 Å². The first-order chi connectivity index (χ1) is 8.63. The molecule has 0 radical (unpaired) electrons. The molecule has 3 rings (SSSR count). The van der Waals surface area contributed by atoms with E-state index in [2.05, 4.69) is 19.9 Å². The number of aromatic amines is 1. The summed E-state index contributed by atoms with van der Waals surface area (Å²) < 4.78 is 0. The van der Waals surface area contributed by atoms with Gasteiger partial charge in [0.2, 0.25) is 0 Å². The summed E-state index contributed by atoms with van der Waals surface area (Å²) in [6, 6.07) is 8.02. The minimum absolute atomic E-state index is 0.755. The van der Waals surface area contributed by atoms with Gasteiger partial charge in [0.05, 0.1) is 5.52 Å². The SMILES string of the molecule is Cc1ccc(-c2nc3nc(C)ccc3[nH]2)c(C)n1. The molecule has 1 N–H and O–H groups in total. The zero-order chi connectivity index (χ0) is 12.7. The number of aromatic nitrogens is 4. The van der Waals surface area contributed by atoms with Gasteiger partial charge in [0, 0.05) is 22.6 Å². The molecule has 0 amide bonds. The number of hydrogen-bond donors (Lipinski definition) is 1. The highest BCUT2D eigenvalue weighted by atomic mass is 15.0. The van der Waals surface area contributed by atoms with Gasteiger partial charge in [-0.05, 0) is 45.0 Å². The number of H-pyrrole nitrogens is 1. The normalized spacial score (nSPS) is 11.1. The van der Waals surface area contributed by atoms with Crippen LogP contribution in [0.1, 0.15) is 17.1 Å². The highest BCUT2D eigenvalue weighted by Crippen LogP contribution is 2.22. The number of nitrogens with one attached hydrogen (secondary N) is 1. The van der Waals surface area contributed by atoms with Crippen molar-refractivity contribution in [3.63, 3.8) is 0 Å². The van der Waals surface area contributed by atoms with Crippen LogP contribution in [-0.4, -0.2) is 19.9 Å². The highest BCUT2D eigenvalue weighted by molar-refractivity contribution is 5.76. The van der Waals surface area contributed by atoms with Gasteiger partial charge in [0.25, 0.3) is 0 Å². The molecule has 3 aromatic rings. The largest absolute Gasteiger partial charge is 0.337 e. The van der Waals surface area contributed by atoms with Crippen LogP contribution in [0.4, 0.5) is 0 Å². The molecule has 4 heteroatoms. The Morgan fingerprint density at radius 2 is 1.56 bits per heavy atom. The maximum absolute atomic E-state index is 4.53. The maximum Gasteiger partial charge on any atom is 0.178 e. The molecule has 4 nitrogen and oxygen atoms in total. The van der Waals surface area contributed by atoms with E-state index in [9.17, 15) is 0 Å². The summed E-state index contributed by atoms with van der Waals surface area (Å²) in [7, 11) is 0. The molecule has 0 aliphatic rings. The summed E-state index contributed by atoms with van der Waals surface area (Å²) in [6.45, 7) is 5.95. The van der Waals surface area contributed by atoms with Gasteiger partial charge in [0.1, 0.15) is 5.82 Å². The van der Waals surface area contributed by atoms with Crippen molar-refractivity contribution in [2.75, 3.05) is 0 Å². The lowest BCUT2D eigenvalue weighted by molar-refractivity contribution is 1.11. The second kappa shape index (κ2) is 3.91. The topological polar surface area (TPSA) is 54.5 Å². The van der Waals surface area contributed by atoms with E-state index in [-0.39, 0.29) is 0 Å². The quantitative estimate of drug-likeness (QED) is 0.709. The van der Waals surface area contributed by atoms with Crippen LogP contribution >= 0.6 is 0 Å². The predicted molar refractivity (Wildman–Crippen MR) is 71.3 cm³/mol. The number of pyridine rings is 2. The minimum atomic E-state index is 0.755. The van der Waals surface area contributed by atoms with Gasteiger partial charge in [-0.15, -0.1) is 0 Å². The molecular formula is C14H14N4. The van der Waals surface area contributed by atoms with Gasteiger partial charge in [-0.1, -0.05) is 0 Å². The summed E-state index contributed by atoms with van der Waals surface area (Å²) in [5.74, 6) is 0.827. The van der Waals surface area contributed by atoms with Crippen molar-refractivity contribution in [2.24, 2.45) is 0 Å². The van der Waals surface area contributed by atoms with E-state index in [4.69, 9.17) is 0 Å². The van der Waals surface area contributed by atoms with E-state index in [0.717, 1.165) is 39.6 Å². The van der Waals surface area contributed by atoms with Gasteiger partial charge in [-0.2, -0.15) is 0 Å². The van der Waals surface area contributed by atoms with E-state index in [1.807, 2.05) is 45.0 Å². The molecule has 0 spiro atoms. The molecule has 0 bridgehead atoms. The van der Waals surface area contributed by atoms with Crippen LogP contribution < -0.4 is 0 Å². The van der Waals surface area contributed by atoms with Gasteiger partial charge in [-0.3, -0.25) is 4.98 Å². The zero-order valence-corrected chi connectivity index (χ0v) is 10.7. The van der Waals surface area contributed by atoms with Crippen molar-refractivity contribution in [1.82, 2.24) is 19.9 Å². The molecule has 0 aliphatic heterocycles. The molecule has 90 valence electrons. The average Bonchev–Trinajstić information content (AvgIpc) is 2.71. The lowest BCUT2D eigenvalue weighted by Gasteiger charge is -2.01. The summed E-state index contributed by atoms with van der Waals surface area (Å²) >= 11 is 0. The van der Waals surface area contributed by atoms with E-state index >= 15 is 0 Å². The Balaban J connectivity index is 2.19. The number of rotatable bonds is 1. The first-order valence-corrected chi connectivity index (χ1v) is 5.91. The Bertz CT molecular complexity index is 728. The Labute approximate surface area is 105 Å². The first-order valence-electron chi connectivity index (χ1n) is 5.91. The molecule has 3 aromatic heterocycles.